The summed E-state index contributed by atoms with van der Waals surface area (Å²) in [6, 6.07) is 7.62. The highest BCUT2D eigenvalue weighted by molar-refractivity contribution is 9.10. The number of nitrogens with one attached hydrogen (secondary N) is 2. The molecule has 5 heterocycles. The van der Waals surface area contributed by atoms with Crippen LogP contribution in [0.3, 0.4) is 0 Å². The van der Waals surface area contributed by atoms with Crippen molar-refractivity contribution in [2.75, 3.05) is 82.7 Å². The van der Waals surface area contributed by atoms with Gasteiger partial charge < -0.3 is 39.0 Å². The predicted octanol–water partition coefficient (Wildman–Crippen LogP) is 7.35. The lowest BCUT2D eigenvalue weighted by Crippen LogP contribution is -2.47. The van der Waals surface area contributed by atoms with Crippen molar-refractivity contribution in [2.45, 2.75) is 45.6 Å². The number of aryl methyl sites for hydroxylation is 1. The van der Waals surface area contributed by atoms with Crippen molar-refractivity contribution in [1.82, 2.24) is 39.5 Å². The first-order chi connectivity index (χ1) is 28.8. The highest BCUT2D eigenvalue weighted by Gasteiger charge is 2.33. The van der Waals surface area contributed by atoms with E-state index >= 15 is 0 Å². The Hall–Kier alpha value is -4.87. The fourth-order valence-electron chi connectivity index (χ4n) is 7.62. The summed E-state index contributed by atoms with van der Waals surface area (Å²) in [5, 5.41) is 11.4. The number of aromatic nitrogens is 6. The summed E-state index contributed by atoms with van der Waals surface area (Å²) in [5.41, 5.74) is 4.51. The molecule has 19 heteroatoms. The minimum Gasteiger partial charge on any atom is -0.494 e. The number of carbonyl (C=O) groups excluding carboxylic acids is 1. The first-order valence-corrected chi connectivity index (χ1v) is 22.3. The van der Waals surface area contributed by atoms with Crippen molar-refractivity contribution in [2.24, 2.45) is 13.0 Å². The van der Waals surface area contributed by atoms with Gasteiger partial charge in [0.25, 0.3) is 0 Å². The van der Waals surface area contributed by atoms with Crippen LogP contribution in [-0.4, -0.2) is 118 Å². The van der Waals surface area contributed by atoms with Crippen LogP contribution in [0, 0.1) is 5.92 Å². The van der Waals surface area contributed by atoms with Crippen LogP contribution in [0.4, 0.5) is 33.6 Å². The zero-order valence-electron chi connectivity index (χ0n) is 35.1. The SMILES string of the molecule is COc1cc(N2CCN(CCC3CCN(C(=O)OC(C)(C)C)CC3)CC2)c(-c2cnn(C)c2)cc1Nc1ncc(Br)c(Nc2ccc3nccnc3c2P(=O)(OC)OC)n1. The largest absolute Gasteiger partial charge is 0.494 e. The van der Waals surface area contributed by atoms with Crippen LogP contribution in [0.1, 0.15) is 40.0 Å². The highest BCUT2D eigenvalue weighted by atomic mass is 79.9. The van der Waals surface area contributed by atoms with Gasteiger partial charge in [0.05, 0.1) is 34.7 Å². The molecule has 2 aliphatic rings. The van der Waals surface area contributed by atoms with E-state index in [0.29, 0.717) is 44.4 Å². The van der Waals surface area contributed by atoms with E-state index in [1.165, 1.54) is 20.4 Å². The fourth-order valence-corrected chi connectivity index (χ4v) is 9.28. The first-order valence-electron chi connectivity index (χ1n) is 20.0. The number of piperazine rings is 1. The quantitative estimate of drug-likeness (QED) is 0.112. The van der Waals surface area contributed by atoms with Crippen LogP contribution in [-0.2, 0) is 25.4 Å². The standard InChI is InChI=1S/C41H53BrN11O6P/c1-41(2,3)59-40(54)53-16-11-27(12-17-53)10-15-51-18-20-52(21-19-51)34-23-35(56-5)33(22-29(34)28-24-46-50(4)26-28)48-39-45-25-30(42)38(49-39)47-32-9-8-31-36(44-14-13-43-31)37(32)60(55,57-6)58-7/h8-9,13-14,22-27H,10-12,15-21H2,1-7H3,(H2,45,47,48,49). The molecule has 2 fully saturated rings. The molecule has 17 nitrogen and oxygen atoms in total. The number of amides is 1. The summed E-state index contributed by atoms with van der Waals surface area (Å²) in [6.45, 7) is 11.8. The lowest BCUT2D eigenvalue weighted by atomic mass is 9.93. The van der Waals surface area contributed by atoms with Crippen LogP contribution in [0.2, 0.25) is 0 Å². The van der Waals surface area contributed by atoms with Crippen molar-refractivity contribution in [3.05, 3.63) is 59.7 Å². The minimum absolute atomic E-state index is 0.208. The van der Waals surface area contributed by atoms with E-state index in [-0.39, 0.29) is 17.3 Å². The lowest BCUT2D eigenvalue weighted by Gasteiger charge is -2.38. The molecular formula is C41H53BrN11O6P. The van der Waals surface area contributed by atoms with E-state index in [2.05, 4.69) is 62.5 Å². The third kappa shape index (κ3) is 9.84. The van der Waals surface area contributed by atoms with Crippen molar-refractivity contribution in [1.29, 1.82) is 0 Å². The molecule has 0 bridgehead atoms. The number of ether oxygens (including phenoxy) is 2. The summed E-state index contributed by atoms with van der Waals surface area (Å²) in [5.74, 6) is 1.90. The van der Waals surface area contributed by atoms with E-state index in [1.54, 1.807) is 36.3 Å². The summed E-state index contributed by atoms with van der Waals surface area (Å²) >= 11 is 3.57. The Labute approximate surface area is 358 Å². The summed E-state index contributed by atoms with van der Waals surface area (Å²) in [4.78, 5) is 37.5. The third-order valence-corrected chi connectivity index (χ3v) is 13.3. The number of nitrogens with zero attached hydrogens (tertiary/aromatic N) is 9. The van der Waals surface area contributed by atoms with E-state index < -0.39 is 13.2 Å². The van der Waals surface area contributed by atoms with E-state index in [1.807, 2.05) is 51.2 Å². The zero-order chi connectivity index (χ0) is 42.6. The van der Waals surface area contributed by atoms with Gasteiger partial charge in [-0.15, -0.1) is 0 Å². The molecule has 0 atom stereocenters. The van der Waals surface area contributed by atoms with Gasteiger partial charge in [0.15, 0.2) is 0 Å². The maximum Gasteiger partial charge on any atom is 0.410 e. The van der Waals surface area contributed by atoms with Crippen LogP contribution in [0.15, 0.2) is 59.7 Å². The lowest BCUT2D eigenvalue weighted by molar-refractivity contribution is 0.0177. The second-order valence-corrected chi connectivity index (χ2v) is 18.9. The molecule has 0 aliphatic carbocycles. The van der Waals surface area contributed by atoms with Gasteiger partial charge in [-0.3, -0.25) is 24.1 Å². The molecule has 2 aromatic carbocycles. The van der Waals surface area contributed by atoms with Crippen molar-refractivity contribution >= 4 is 74.8 Å². The molecule has 7 rings (SSSR count). The highest BCUT2D eigenvalue weighted by Crippen LogP contribution is 2.49. The second kappa shape index (κ2) is 18.4. The maximum absolute atomic E-state index is 13.8. The first kappa shape index (κ1) is 43.2. The number of fused-ring (bicyclic) bond motifs is 1. The van der Waals surface area contributed by atoms with Gasteiger partial charge in [-0.1, -0.05) is 0 Å². The van der Waals surface area contributed by atoms with Gasteiger partial charge in [0.2, 0.25) is 5.95 Å². The average molecular weight is 907 g/mol. The Morgan fingerprint density at radius 3 is 2.33 bits per heavy atom. The van der Waals surface area contributed by atoms with Gasteiger partial charge >= 0.3 is 13.7 Å². The summed E-state index contributed by atoms with van der Waals surface area (Å²) < 4.78 is 38.6. The van der Waals surface area contributed by atoms with Crippen molar-refractivity contribution in [3.8, 4) is 16.9 Å². The molecule has 2 saturated heterocycles. The molecular weight excluding hydrogens is 853 g/mol. The topological polar surface area (TPSA) is 174 Å². The van der Waals surface area contributed by atoms with Gasteiger partial charge in [0.1, 0.15) is 28.0 Å². The Bertz CT molecular complexity index is 2350. The number of hydrogen-bond acceptors (Lipinski definition) is 15. The molecule has 0 unspecified atom stereocenters. The minimum atomic E-state index is -3.80. The normalized spacial score (nSPS) is 15.7. The van der Waals surface area contributed by atoms with Crippen LogP contribution in [0.25, 0.3) is 22.2 Å². The Kier molecular flexibility index (Phi) is 13.3. The number of anilines is 5. The molecule has 0 spiro atoms. The Morgan fingerprint density at radius 1 is 0.933 bits per heavy atom. The fraction of sp³-hybridized carbons (Fsp3) is 0.463. The van der Waals surface area contributed by atoms with Crippen LogP contribution < -0.4 is 25.6 Å². The molecule has 320 valence electrons. The average Bonchev–Trinajstić information content (AvgIpc) is 3.69. The van der Waals surface area contributed by atoms with E-state index in [9.17, 15) is 9.36 Å². The van der Waals surface area contributed by atoms with Crippen molar-refractivity contribution in [3.63, 3.8) is 0 Å². The van der Waals surface area contributed by atoms with Crippen LogP contribution >= 0.6 is 23.5 Å². The molecule has 0 radical (unpaired) electrons. The second-order valence-electron chi connectivity index (χ2n) is 15.9. The van der Waals surface area contributed by atoms with Gasteiger partial charge in [-0.2, -0.15) is 10.1 Å². The summed E-state index contributed by atoms with van der Waals surface area (Å²) in [7, 11) is 2.40. The molecule has 5 aromatic rings. The van der Waals surface area contributed by atoms with Gasteiger partial charge in [-0.05, 0) is 86.6 Å². The maximum atomic E-state index is 13.8. The molecule has 60 heavy (non-hydrogen) atoms. The number of benzene rings is 2. The van der Waals surface area contributed by atoms with Crippen LogP contribution in [0.5, 0.6) is 5.75 Å². The number of rotatable bonds is 13. The predicted molar refractivity (Wildman–Crippen MR) is 236 cm³/mol. The van der Waals surface area contributed by atoms with Crippen molar-refractivity contribution < 1.29 is 27.9 Å². The number of piperidine rings is 1. The van der Waals surface area contributed by atoms with E-state index in [0.717, 1.165) is 81.9 Å². The number of hydrogen-bond donors (Lipinski definition) is 2. The van der Waals surface area contributed by atoms with E-state index in [4.69, 9.17) is 23.5 Å². The molecule has 2 N–H and O–H groups in total. The zero-order valence-corrected chi connectivity index (χ0v) is 37.6. The smallest absolute Gasteiger partial charge is 0.410 e. The molecule has 3 aromatic heterocycles. The Morgan fingerprint density at radius 2 is 1.67 bits per heavy atom. The number of methoxy groups -OCH3 is 1. The van der Waals surface area contributed by atoms with Gasteiger partial charge in [-0.25, -0.2) is 9.78 Å². The molecule has 2 aliphatic heterocycles. The van der Waals surface area contributed by atoms with Gasteiger partial charge in [0, 0.05) is 108 Å². The number of halogens is 1. The number of carbonyl (C=O) groups is 1. The third-order valence-electron chi connectivity index (χ3n) is 10.8. The monoisotopic (exact) mass is 905 g/mol. The number of likely N-dealkylation sites (tertiary alicyclic amines) is 1. The molecule has 1 amide bonds. The Balaban J connectivity index is 1.07. The summed E-state index contributed by atoms with van der Waals surface area (Å²) in [6.07, 6.45) is 11.5. The molecule has 0 saturated carbocycles.